The Balaban J connectivity index is 1.91. The van der Waals surface area contributed by atoms with Crippen molar-refractivity contribution in [3.63, 3.8) is 0 Å². The summed E-state index contributed by atoms with van der Waals surface area (Å²) in [6.07, 6.45) is 1.83. The first-order chi connectivity index (χ1) is 8.29. The van der Waals surface area contributed by atoms with Crippen molar-refractivity contribution in [2.45, 2.75) is 12.8 Å². The Bertz CT molecular complexity index is 496. The van der Waals surface area contributed by atoms with Crippen LogP contribution in [0.2, 0.25) is 0 Å². The molecule has 17 heavy (non-hydrogen) atoms. The first-order valence-electron chi connectivity index (χ1n) is 5.43. The normalized spacial score (nSPS) is 11.8. The van der Waals surface area contributed by atoms with Crippen molar-refractivity contribution in [3.8, 4) is 6.07 Å². The topological polar surface area (TPSA) is 48.7 Å². The van der Waals surface area contributed by atoms with Gasteiger partial charge in [-0.1, -0.05) is 6.92 Å². The highest BCUT2D eigenvalue weighted by Crippen LogP contribution is 2.18. The molecule has 0 saturated heterocycles. The van der Waals surface area contributed by atoms with E-state index in [1.165, 1.54) is 0 Å². The lowest BCUT2D eigenvalue weighted by Crippen LogP contribution is -2.09. The lowest BCUT2D eigenvalue weighted by molar-refractivity contribution is 0.795. The first-order valence-corrected chi connectivity index (χ1v) is 6.31. The van der Waals surface area contributed by atoms with Gasteiger partial charge in [0, 0.05) is 29.7 Å². The molecule has 1 heterocycles. The van der Waals surface area contributed by atoms with Crippen molar-refractivity contribution >= 4 is 17.0 Å². The molecule has 1 atom stereocenters. The van der Waals surface area contributed by atoms with Crippen LogP contribution in [0.15, 0.2) is 35.8 Å². The van der Waals surface area contributed by atoms with Crippen LogP contribution in [-0.4, -0.2) is 11.5 Å². The molecule has 0 unspecified atom stereocenters. The van der Waals surface area contributed by atoms with Crippen LogP contribution in [0.1, 0.15) is 23.4 Å². The maximum Gasteiger partial charge on any atom is 0.0991 e. The van der Waals surface area contributed by atoms with Gasteiger partial charge in [-0.3, -0.25) is 0 Å². The summed E-state index contributed by atoms with van der Waals surface area (Å²) in [6.45, 7) is 2.99. The Kier molecular flexibility index (Phi) is 3.73. The number of rotatable bonds is 4. The molecular weight excluding hydrogens is 230 g/mol. The average Bonchev–Trinajstić information content (AvgIpc) is 2.90. The van der Waals surface area contributed by atoms with Gasteiger partial charge in [-0.25, -0.2) is 4.98 Å². The second-order valence-corrected chi connectivity index (χ2v) is 4.77. The molecule has 0 aliphatic heterocycles. The van der Waals surface area contributed by atoms with Gasteiger partial charge in [0.15, 0.2) is 0 Å². The first kappa shape index (κ1) is 11.6. The van der Waals surface area contributed by atoms with Crippen LogP contribution in [-0.2, 0) is 0 Å². The Morgan fingerprint density at radius 2 is 2.18 bits per heavy atom. The van der Waals surface area contributed by atoms with Gasteiger partial charge >= 0.3 is 0 Å². The van der Waals surface area contributed by atoms with Crippen LogP contribution >= 0.6 is 11.3 Å². The zero-order valence-electron chi connectivity index (χ0n) is 9.55. The van der Waals surface area contributed by atoms with Gasteiger partial charge in [-0.05, 0) is 24.3 Å². The van der Waals surface area contributed by atoms with E-state index in [4.69, 9.17) is 5.26 Å². The predicted molar refractivity (Wildman–Crippen MR) is 70.2 cm³/mol. The van der Waals surface area contributed by atoms with Crippen LogP contribution in [0.25, 0.3) is 0 Å². The van der Waals surface area contributed by atoms with Crippen molar-refractivity contribution in [1.82, 2.24) is 4.98 Å². The summed E-state index contributed by atoms with van der Waals surface area (Å²) in [5, 5.41) is 15.2. The number of nitrogens with one attached hydrogen (secondary N) is 1. The van der Waals surface area contributed by atoms with Crippen molar-refractivity contribution < 1.29 is 0 Å². The molecule has 0 spiro atoms. The van der Waals surface area contributed by atoms with Gasteiger partial charge in [0.25, 0.3) is 0 Å². The molecule has 1 aromatic heterocycles. The molecule has 0 fully saturated rings. The Hall–Kier alpha value is -1.86. The zero-order valence-corrected chi connectivity index (χ0v) is 10.4. The van der Waals surface area contributed by atoms with E-state index in [2.05, 4.69) is 23.3 Å². The van der Waals surface area contributed by atoms with E-state index >= 15 is 0 Å². The van der Waals surface area contributed by atoms with Gasteiger partial charge < -0.3 is 5.32 Å². The summed E-state index contributed by atoms with van der Waals surface area (Å²) in [4.78, 5) is 4.29. The molecular formula is C13H13N3S. The quantitative estimate of drug-likeness (QED) is 0.896. The molecule has 0 aliphatic rings. The fourth-order valence-corrected chi connectivity index (χ4v) is 2.20. The van der Waals surface area contributed by atoms with Crippen molar-refractivity contribution in [1.29, 1.82) is 5.26 Å². The van der Waals surface area contributed by atoms with E-state index in [-0.39, 0.29) is 0 Å². The van der Waals surface area contributed by atoms with Crippen LogP contribution < -0.4 is 5.32 Å². The molecule has 3 nitrogen and oxygen atoms in total. The van der Waals surface area contributed by atoms with E-state index in [0.29, 0.717) is 11.5 Å². The van der Waals surface area contributed by atoms with Gasteiger partial charge in [0.1, 0.15) is 0 Å². The summed E-state index contributed by atoms with van der Waals surface area (Å²) in [5.74, 6) is 0.394. The Labute approximate surface area is 105 Å². The maximum atomic E-state index is 8.69. The Morgan fingerprint density at radius 3 is 2.76 bits per heavy atom. The number of aromatic nitrogens is 1. The lowest BCUT2D eigenvalue weighted by atomic mass is 10.2. The van der Waals surface area contributed by atoms with E-state index in [1.807, 2.05) is 35.8 Å². The minimum atomic E-state index is 0.394. The van der Waals surface area contributed by atoms with Gasteiger partial charge in [-0.15, -0.1) is 11.3 Å². The third kappa shape index (κ3) is 3.05. The number of benzene rings is 1. The zero-order chi connectivity index (χ0) is 12.1. The molecule has 86 valence electrons. The maximum absolute atomic E-state index is 8.69. The third-order valence-electron chi connectivity index (χ3n) is 2.50. The summed E-state index contributed by atoms with van der Waals surface area (Å²) in [6, 6.07) is 9.58. The van der Waals surface area contributed by atoms with E-state index in [1.54, 1.807) is 11.3 Å². The van der Waals surface area contributed by atoms with Crippen LogP contribution in [0.5, 0.6) is 0 Å². The van der Waals surface area contributed by atoms with Gasteiger partial charge in [0.05, 0.1) is 16.6 Å². The molecule has 2 rings (SSSR count). The van der Waals surface area contributed by atoms with E-state index in [0.717, 1.165) is 17.2 Å². The van der Waals surface area contributed by atoms with Crippen LogP contribution in [0.3, 0.4) is 0 Å². The molecule has 0 aliphatic carbocycles. The molecule has 0 saturated carbocycles. The van der Waals surface area contributed by atoms with Gasteiger partial charge in [0.2, 0.25) is 0 Å². The van der Waals surface area contributed by atoms with E-state index in [9.17, 15) is 0 Å². The number of thiazole rings is 1. The van der Waals surface area contributed by atoms with E-state index < -0.39 is 0 Å². The number of nitrogens with zero attached hydrogens (tertiary/aromatic N) is 2. The minimum absolute atomic E-state index is 0.394. The molecule has 2 aromatic rings. The highest BCUT2D eigenvalue weighted by atomic mass is 32.1. The summed E-state index contributed by atoms with van der Waals surface area (Å²) >= 11 is 1.68. The fourth-order valence-electron chi connectivity index (χ4n) is 1.50. The van der Waals surface area contributed by atoms with Crippen molar-refractivity contribution in [3.05, 3.63) is 46.4 Å². The fraction of sp³-hybridized carbons (Fsp3) is 0.231. The second kappa shape index (κ2) is 5.46. The number of hydrogen-bond donors (Lipinski definition) is 1. The SMILES string of the molecule is C[C@H](CNc1ccc(C#N)cc1)c1nccs1. The molecule has 1 aromatic carbocycles. The third-order valence-corrected chi connectivity index (χ3v) is 3.51. The number of nitriles is 1. The predicted octanol–water partition coefficient (Wildman–Crippen LogP) is 3.23. The van der Waals surface area contributed by atoms with Crippen molar-refractivity contribution in [2.24, 2.45) is 0 Å². The molecule has 0 radical (unpaired) electrons. The smallest absolute Gasteiger partial charge is 0.0991 e. The molecule has 1 N–H and O–H groups in total. The summed E-state index contributed by atoms with van der Waals surface area (Å²) in [5.41, 5.74) is 1.72. The standard InChI is InChI=1S/C13H13N3S/c1-10(13-15-6-7-17-13)9-16-12-4-2-11(8-14)3-5-12/h2-7,10,16H,9H2,1H3/t10-/m1/s1. The molecule has 0 bridgehead atoms. The largest absolute Gasteiger partial charge is 0.384 e. The Morgan fingerprint density at radius 1 is 1.41 bits per heavy atom. The van der Waals surface area contributed by atoms with Gasteiger partial charge in [-0.2, -0.15) is 5.26 Å². The highest BCUT2D eigenvalue weighted by Gasteiger charge is 2.07. The second-order valence-electron chi connectivity index (χ2n) is 3.84. The monoisotopic (exact) mass is 243 g/mol. The number of anilines is 1. The van der Waals surface area contributed by atoms with Crippen LogP contribution in [0, 0.1) is 11.3 Å². The van der Waals surface area contributed by atoms with Crippen LogP contribution in [0.4, 0.5) is 5.69 Å². The summed E-state index contributed by atoms with van der Waals surface area (Å²) in [7, 11) is 0. The highest BCUT2D eigenvalue weighted by molar-refractivity contribution is 7.09. The summed E-state index contributed by atoms with van der Waals surface area (Å²) < 4.78 is 0. The lowest BCUT2D eigenvalue weighted by Gasteiger charge is -2.11. The molecule has 0 amide bonds. The molecule has 4 heteroatoms. The van der Waals surface area contributed by atoms with Crippen molar-refractivity contribution in [2.75, 3.05) is 11.9 Å². The number of hydrogen-bond acceptors (Lipinski definition) is 4. The minimum Gasteiger partial charge on any atom is -0.384 e. The average molecular weight is 243 g/mol.